The van der Waals surface area contributed by atoms with Gasteiger partial charge in [0.25, 0.3) is 5.69 Å². The van der Waals surface area contributed by atoms with E-state index in [2.05, 4.69) is 0 Å². The number of nitrogens with zero attached hydrogens (tertiary/aromatic N) is 1. The van der Waals surface area contributed by atoms with Gasteiger partial charge in [-0.25, -0.2) is 4.79 Å². The van der Waals surface area contributed by atoms with Gasteiger partial charge < -0.3 is 5.11 Å². The number of aliphatic carboxylic acids is 1. The Morgan fingerprint density at radius 3 is 2.32 bits per heavy atom. The molecule has 0 saturated carbocycles. The van der Waals surface area contributed by atoms with Crippen molar-refractivity contribution in [1.82, 2.24) is 0 Å². The van der Waals surface area contributed by atoms with Crippen molar-refractivity contribution in [3.8, 4) is 0 Å². The van der Waals surface area contributed by atoms with Crippen LogP contribution in [0.1, 0.15) is 22.3 Å². The fourth-order valence-corrected chi connectivity index (χ4v) is 2.08. The Kier molecular flexibility index (Phi) is 4.36. The van der Waals surface area contributed by atoms with Crippen molar-refractivity contribution in [2.24, 2.45) is 0 Å². The fraction of sp³-hybridized carbons (Fsp3) is 0.118. The Bertz CT molecular complexity index is 761. The summed E-state index contributed by atoms with van der Waals surface area (Å²) in [7, 11) is 0. The Balaban J connectivity index is 2.51. The number of rotatable bonds is 4. The minimum Gasteiger partial charge on any atom is -0.478 e. The van der Waals surface area contributed by atoms with E-state index < -0.39 is 10.9 Å². The molecule has 1 N–H and O–H groups in total. The zero-order valence-electron chi connectivity index (χ0n) is 12.2. The number of carboxylic acids is 1. The molecule has 0 spiro atoms. The first kappa shape index (κ1) is 15.4. The Hall–Kier alpha value is -2.95. The van der Waals surface area contributed by atoms with Crippen molar-refractivity contribution in [3.63, 3.8) is 0 Å². The number of benzene rings is 2. The Morgan fingerprint density at radius 1 is 1.14 bits per heavy atom. The van der Waals surface area contributed by atoms with Crippen LogP contribution in [-0.2, 0) is 4.79 Å². The van der Waals surface area contributed by atoms with Gasteiger partial charge in [0, 0.05) is 11.6 Å². The molecule has 0 fully saturated rings. The zero-order valence-corrected chi connectivity index (χ0v) is 12.2. The van der Waals surface area contributed by atoms with Crippen LogP contribution in [0.4, 0.5) is 5.69 Å². The molecule has 0 unspecified atom stereocenters. The number of carboxylic acid groups (broad SMARTS) is 1. The number of aryl methyl sites for hydroxylation is 2. The molecule has 5 heteroatoms. The standard InChI is InChI=1S/C17H15NO4/c1-11-3-7-14(8-4-11)15(17(19)20)9-13-6-5-12(2)16(10-13)18(21)22/h3-10H,1-2H3,(H,19,20)/b15-9-. The molecule has 0 amide bonds. The van der Waals surface area contributed by atoms with E-state index in [9.17, 15) is 20.0 Å². The molecule has 2 rings (SSSR count). The van der Waals surface area contributed by atoms with E-state index in [1.807, 2.05) is 19.1 Å². The Morgan fingerprint density at radius 2 is 1.77 bits per heavy atom. The molecule has 0 aromatic heterocycles. The summed E-state index contributed by atoms with van der Waals surface area (Å²) in [6.07, 6.45) is 1.44. The molecule has 0 aliphatic heterocycles. The van der Waals surface area contributed by atoms with E-state index in [-0.39, 0.29) is 11.3 Å². The number of hydrogen-bond acceptors (Lipinski definition) is 3. The molecule has 0 bridgehead atoms. The molecule has 2 aromatic carbocycles. The molecular weight excluding hydrogens is 282 g/mol. The normalized spacial score (nSPS) is 11.3. The van der Waals surface area contributed by atoms with Gasteiger partial charge in [0.2, 0.25) is 0 Å². The van der Waals surface area contributed by atoms with Crippen LogP contribution in [0.3, 0.4) is 0 Å². The monoisotopic (exact) mass is 297 g/mol. The van der Waals surface area contributed by atoms with Crippen molar-refractivity contribution < 1.29 is 14.8 Å². The lowest BCUT2D eigenvalue weighted by Crippen LogP contribution is -2.00. The van der Waals surface area contributed by atoms with Gasteiger partial charge in [-0.2, -0.15) is 0 Å². The molecule has 0 radical (unpaired) electrons. The second-order valence-corrected chi connectivity index (χ2v) is 5.03. The maximum atomic E-state index is 11.5. The first-order chi connectivity index (χ1) is 10.4. The second-order valence-electron chi connectivity index (χ2n) is 5.03. The molecule has 5 nitrogen and oxygen atoms in total. The average molecular weight is 297 g/mol. The lowest BCUT2D eigenvalue weighted by Gasteiger charge is -2.05. The lowest BCUT2D eigenvalue weighted by molar-refractivity contribution is -0.385. The summed E-state index contributed by atoms with van der Waals surface area (Å²) in [6.45, 7) is 3.56. The third-order valence-electron chi connectivity index (χ3n) is 3.33. The fourth-order valence-electron chi connectivity index (χ4n) is 2.08. The molecule has 0 atom stereocenters. The highest BCUT2D eigenvalue weighted by Crippen LogP contribution is 2.24. The van der Waals surface area contributed by atoms with Crippen LogP contribution < -0.4 is 0 Å². The SMILES string of the molecule is Cc1ccc(/C(=C/c2ccc(C)c([N+](=O)[O-])c2)C(=O)O)cc1. The molecule has 112 valence electrons. The summed E-state index contributed by atoms with van der Waals surface area (Å²) in [5.74, 6) is -1.08. The second kappa shape index (κ2) is 6.22. The first-order valence-electron chi connectivity index (χ1n) is 6.65. The summed E-state index contributed by atoms with van der Waals surface area (Å²) >= 11 is 0. The van der Waals surface area contributed by atoms with Gasteiger partial charge in [-0.15, -0.1) is 0 Å². The lowest BCUT2D eigenvalue weighted by atomic mass is 10.0. The summed E-state index contributed by atoms with van der Waals surface area (Å²) in [5, 5.41) is 20.4. The minimum absolute atomic E-state index is 0.0256. The minimum atomic E-state index is -1.08. The number of hydrogen-bond donors (Lipinski definition) is 1. The first-order valence-corrected chi connectivity index (χ1v) is 6.65. The highest BCUT2D eigenvalue weighted by molar-refractivity contribution is 6.20. The van der Waals surface area contributed by atoms with Crippen molar-refractivity contribution in [1.29, 1.82) is 0 Å². The Labute approximate surface area is 127 Å². The van der Waals surface area contributed by atoms with Gasteiger partial charge in [0.15, 0.2) is 0 Å². The largest absolute Gasteiger partial charge is 0.478 e. The third-order valence-corrected chi connectivity index (χ3v) is 3.33. The van der Waals surface area contributed by atoms with Gasteiger partial charge in [-0.05, 0) is 31.1 Å². The molecule has 0 heterocycles. The highest BCUT2D eigenvalue weighted by atomic mass is 16.6. The highest BCUT2D eigenvalue weighted by Gasteiger charge is 2.13. The van der Waals surface area contributed by atoms with Crippen molar-refractivity contribution in [2.75, 3.05) is 0 Å². The van der Waals surface area contributed by atoms with E-state index in [1.54, 1.807) is 31.2 Å². The maximum absolute atomic E-state index is 11.5. The van der Waals surface area contributed by atoms with Crippen LogP contribution in [0.15, 0.2) is 42.5 Å². The van der Waals surface area contributed by atoms with E-state index in [4.69, 9.17) is 0 Å². The van der Waals surface area contributed by atoms with E-state index in [0.29, 0.717) is 16.7 Å². The van der Waals surface area contributed by atoms with Gasteiger partial charge in [-0.3, -0.25) is 10.1 Å². The van der Waals surface area contributed by atoms with Crippen LogP contribution in [0.5, 0.6) is 0 Å². The molecule has 0 aliphatic carbocycles. The number of nitro groups is 1. The summed E-state index contributed by atoms with van der Waals surface area (Å²) < 4.78 is 0. The molecule has 0 aliphatic rings. The van der Waals surface area contributed by atoms with Crippen molar-refractivity contribution in [2.45, 2.75) is 13.8 Å². The van der Waals surface area contributed by atoms with Gasteiger partial charge in [0.1, 0.15) is 0 Å². The van der Waals surface area contributed by atoms with Crippen LogP contribution in [0.2, 0.25) is 0 Å². The number of nitro benzene ring substituents is 1. The van der Waals surface area contributed by atoms with Crippen LogP contribution in [0, 0.1) is 24.0 Å². The van der Waals surface area contributed by atoms with E-state index in [1.165, 1.54) is 12.1 Å². The molecule has 0 saturated heterocycles. The maximum Gasteiger partial charge on any atom is 0.336 e. The third kappa shape index (κ3) is 3.38. The topological polar surface area (TPSA) is 80.4 Å². The summed E-state index contributed by atoms with van der Waals surface area (Å²) in [4.78, 5) is 22.0. The zero-order chi connectivity index (χ0) is 16.3. The van der Waals surface area contributed by atoms with E-state index in [0.717, 1.165) is 5.56 Å². The predicted octanol–water partition coefficient (Wildman–Crippen LogP) is 3.84. The van der Waals surface area contributed by atoms with Crippen LogP contribution >= 0.6 is 0 Å². The molecular formula is C17H15NO4. The van der Waals surface area contributed by atoms with E-state index >= 15 is 0 Å². The summed E-state index contributed by atoms with van der Waals surface area (Å²) in [6, 6.07) is 11.7. The van der Waals surface area contributed by atoms with Gasteiger partial charge in [0.05, 0.1) is 10.5 Å². The smallest absolute Gasteiger partial charge is 0.336 e. The average Bonchev–Trinajstić information content (AvgIpc) is 2.47. The van der Waals surface area contributed by atoms with Crippen LogP contribution in [-0.4, -0.2) is 16.0 Å². The van der Waals surface area contributed by atoms with Crippen molar-refractivity contribution in [3.05, 3.63) is 74.8 Å². The predicted molar refractivity (Wildman–Crippen MR) is 84.5 cm³/mol. The molecule has 2 aromatic rings. The molecule has 22 heavy (non-hydrogen) atoms. The quantitative estimate of drug-likeness (QED) is 0.402. The van der Waals surface area contributed by atoms with Gasteiger partial charge >= 0.3 is 5.97 Å². The number of carbonyl (C=O) groups is 1. The van der Waals surface area contributed by atoms with Crippen molar-refractivity contribution >= 4 is 23.3 Å². The summed E-state index contributed by atoms with van der Waals surface area (Å²) in [5.41, 5.74) is 2.67. The van der Waals surface area contributed by atoms with Gasteiger partial charge in [-0.1, -0.05) is 42.0 Å². The van der Waals surface area contributed by atoms with Crippen LogP contribution in [0.25, 0.3) is 11.6 Å².